The van der Waals surface area contributed by atoms with Gasteiger partial charge in [0.25, 0.3) is 0 Å². The monoisotopic (exact) mass is 530 g/mol. The van der Waals surface area contributed by atoms with E-state index in [0.29, 0.717) is 48.9 Å². The molecular formula is C23H16Cl2N4O3S2. The summed E-state index contributed by atoms with van der Waals surface area (Å²) in [5.41, 5.74) is 2.82. The highest BCUT2D eigenvalue weighted by Crippen LogP contribution is 2.35. The van der Waals surface area contributed by atoms with Gasteiger partial charge in [0.05, 0.1) is 33.5 Å². The second-order valence-electron chi connectivity index (χ2n) is 7.14. The van der Waals surface area contributed by atoms with Crippen LogP contribution in [-0.2, 0) is 4.79 Å². The fraction of sp³-hybridized carbons (Fsp3) is 0.0870. The fourth-order valence-corrected chi connectivity index (χ4v) is 4.97. The van der Waals surface area contributed by atoms with Crippen molar-refractivity contribution in [3.8, 4) is 34.2 Å². The molecule has 0 saturated carbocycles. The van der Waals surface area contributed by atoms with Crippen LogP contribution in [0.15, 0.2) is 74.4 Å². The van der Waals surface area contributed by atoms with Crippen LogP contribution in [0.25, 0.3) is 34.2 Å². The van der Waals surface area contributed by atoms with Crippen LogP contribution in [-0.4, -0.2) is 26.1 Å². The number of H-pyrrole nitrogens is 1. The lowest BCUT2D eigenvalue weighted by Crippen LogP contribution is -2.22. The topological polar surface area (TPSA) is 97.0 Å². The van der Waals surface area contributed by atoms with Crippen LogP contribution in [0.1, 0.15) is 6.92 Å². The minimum atomic E-state index is -0.447. The van der Waals surface area contributed by atoms with Gasteiger partial charge >= 0.3 is 0 Å². The van der Waals surface area contributed by atoms with Crippen molar-refractivity contribution in [2.75, 3.05) is 5.32 Å². The SMILES string of the molecule is CC(Sc1nc(-c2ccco2)c(-c2ccco2)[nH]1)C(=O)Nc1nc(-c2ccc(Cl)c(Cl)c2)cs1. The maximum Gasteiger partial charge on any atom is 0.239 e. The van der Waals surface area contributed by atoms with Crippen molar-refractivity contribution in [3.05, 3.63) is 70.4 Å². The van der Waals surface area contributed by atoms with Crippen molar-refractivity contribution in [1.82, 2.24) is 15.0 Å². The summed E-state index contributed by atoms with van der Waals surface area (Å²) >= 11 is 14.7. The number of anilines is 1. The molecule has 7 nitrogen and oxygen atoms in total. The Bertz CT molecular complexity index is 1380. The quantitative estimate of drug-likeness (QED) is 0.211. The molecule has 0 aliphatic rings. The fourth-order valence-electron chi connectivity index (χ4n) is 3.15. The third kappa shape index (κ3) is 4.78. The molecule has 0 radical (unpaired) electrons. The predicted molar refractivity (Wildman–Crippen MR) is 136 cm³/mol. The number of aromatic amines is 1. The molecule has 34 heavy (non-hydrogen) atoms. The average molecular weight is 531 g/mol. The van der Waals surface area contributed by atoms with Gasteiger partial charge in [-0.1, -0.05) is 41.0 Å². The zero-order chi connectivity index (χ0) is 23.7. The molecule has 0 bridgehead atoms. The Morgan fingerprint density at radius 3 is 2.56 bits per heavy atom. The molecule has 172 valence electrons. The van der Waals surface area contributed by atoms with Crippen LogP contribution in [0.4, 0.5) is 5.13 Å². The second kappa shape index (κ2) is 9.71. The maximum atomic E-state index is 12.8. The maximum absolute atomic E-state index is 12.8. The van der Waals surface area contributed by atoms with Crippen LogP contribution < -0.4 is 5.32 Å². The number of benzene rings is 1. The number of thiazole rings is 1. The Hall–Kier alpha value is -2.98. The molecule has 0 fully saturated rings. The van der Waals surface area contributed by atoms with E-state index in [9.17, 15) is 4.79 Å². The van der Waals surface area contributed by atoms with Crippen LogP contribution in [0.3, 0.4) is 0 Å². The molecule has 1 amide bonds. The molecule has 4 heterocycles. The molecule has 2 N–H and O–H groups in total. The average Bonchev–Trinajstić information content (AvgIpc) is 3.61. The molecule has 0 saturated heterocycles. The van der Waals surface area contributed by atoms with Gasteiger partial charge in [-0.25, -0.2) is 9.97 Å². The van der Waals surface area contributed by atoms with Crippen molar-refractivity contribution < 1.29 is 13.6 Å². The first-order valence-corrected chi connectivity index (χ1v) is 12.6. The number of thioether (sulfide) groups is 1. The second-order valence-corrected chi connectivity index (χ2v) is 10.1. The van der Waals surface area contributed by atoms with Gasteiger partial charge in [-0.2, -0.15) is 0 Å². The molecule has 1 atom stereocenters. The molecular weight excluding hydrogens is 515 g/mol. The Morgan fingerprint density at radius 1 is 1.09 bits per heavy atom. The first-order valence-electron chi connectivity index (χ1n) is 10.0. The van der Waals surface area contributed by atoms with Gasteiger partial charge in [0, 0.05) is 10.9 Å². The van der Waals surface area contributed by atoms with Crippen molar-refractivity contribution in [2.24, 2.45) is 0 Å². The predicted octanol–water partition coefficient (Wildman–Crippen LogP) is 7.48. The van der Waals surface area contributed by atoms with Gasteiger partial charge in [0.15, 0.2) is 21.8 Å². The van der Waals surface area contributed by atoms with Gasteiger partial charge < -0.3 is 19.1 Å². The Morgan fingerprint density at radius 2 is 1.85 bits per heavy atom. The number of imidazole rings is 1. The molecule has 1 unspecified atom stereocenters. The Balaban J connectivity index is 1.30. The van der Waals surface area contributed by atoms with E-state index in [0.717, 1.165) is 5.56 Å². The molecule has 0 spiro atoms. The number of nitrogens with zero attached hydrogens (tertiary/aromatic N) is 2. The molecule has 5 aromatic rings. The van der Waals surface area contributed by atoms with Crippen LogP contribution >= 0.6 is 46.3 Å². The molecule has 11 heteroatoms. The third-order valence-electron chi connectivity index (χ3n) is 4.81. The van der Waals surface area contributed by atoms with Gasteiger partial charge in [0.1, 0.15) is 11.4 Å². The summed E-state index contributed by atoms with van der Waals surface area (Å²) in [6.45, 7) is 1.80. The first-order chi connectivity index (χ1) is 16.5. The summed E-state index contributed by atoms with van der Waals surface area (Å²) in [6, 6.07) is 12.5. The van der Waals surface area contributed by atoms with E-state index in [2.05, 4.69) is 20.3 Å². The van der Waals surface area contributed by atoms with Crippen molar-refractivity contribution in [1.29, 1.82) is 0 Å². The molecule has 5 rings (SSSR count). The third-order valence-corrected chi connectivity index (χ3v) is 7.29. The lowest BCUT2D eigenvalue weighted by atomic mass is 10.2. The van der Waals surface area contributed by atoms with Gasteiger partial charge in [-0.15, -0.1) is 11.3 Å². The largest absolute Gasteiger partial charge is 0.463 e. The van der Waals surface area contributed by atoms with E-state index in [1.807, 2.05) is 23.6 Å². The summed E-state index contributed by atoms with van der Waals surface area (Å²) in [6.07, 6.45) is 3.17. The summed E-state index contributed by atoms with van der Waals surface area (Å²) in [4.78, 5) is 25.2. The highest BCUT2D eigenvalue weighted by Gasteiger charge is 2.22. The minimum absolute atomic E-state index is 0.199. The van der Waals surface area contributed by atoms with Crippen LogP contribution in [0.5, 0.6) is 0 Å². The van der Waals surface area contributed by atoms with E-state index < -0.39 is 5.25 Å². The number of aromatic nitrogens is 3. The normalized spacial score (nSPS) is 12.1. The van der Waals surface area contributed by atoms with Crippen LogP contribution in [0.2, 0.25) is 10.0 Å². The Kier molecular flexibility index (Phi) is 6.51. The van der Waals surface area contributed by atoms with Crippen molar-refractivity contribution in [2.45, 2.75) is 17.3 Å². The lowest BCUT2D eigenvalue weighted by molar-refractivity contribution is -0.115. The van der Waals surface area contributed by atoms with Gasteiger partial charge in [-0.3, -0.25) is 4.79 Å². The number of furan rings is 2. The number of hydrogen-bond donors (Lipinski definition) is 2. The first kappa shape index (κ1) is 22.8. The van der Waals surface area contributed by atoms with E-state index in [1.165, 1.54) is 23.1 Å². The van der Waals surface area contributed by atoms with E-state index in [-0.39, 0.29) is 5.91 Å². The molecule has 1 aromatic carbocycles. The van der Waals surface area contributed by atoms with E-state index in [1.54, 1.807) is 43.7 Å². The number of halogens is 2. The molecule has 4 aromatic heterocycles. The van der Waals surface area contributed by atoms with Gasteiger partial charge in [0.2, 0.25) is 5.91 Å². The summed E-state index contributed by atoms with van der Waals surface area (Å²) in [5, 5.41) is 6.25. The van der Waals surface area contributed by atoms with Crippen molar-refractivity contribution >= 4 is 57.3 Å². The zero-order valence-corrected chi connectivity index (χ0v) is 20.7. The highest BCUT2D eigenvalue weighted by molar-refractivity contribution is 8.00. The minimum Gasteiger partial charge on any atom is -0.463 e. The summed E-state index contributed by atoms with van der Waals surface area (Å²) < 4.78 is 11.1. The van der Waals surface area contributed by atoms with E-state index in [4.69, 9.17) is 32.0 Å². The van der Waals surface area contributed by atoms with Crippen LogP contribution in [0, 0.1) is 0 Å². The molecule has 0 aliphatic carbocycles. The standard InChI is InChI=1S/C23H16Cl2N4O3S2/c1-12(21(30)29-22-26-16(11-33-22)13-6-7-14(24)15(25)10-13)34-23-27-19(17-4-2-8-31-17)20(28-23)18-5-3-9-32-18/h2-12H,1H3,(H,27,28)(H,26,29,30). The highest BCUT2D eigenvalue weighted by atomic mass is 35.5. The zero-order valence-electron chi connectivity index (χ0n) is 17.5. The number of amides is 1. The number of carbonyl (C=O) groups excluding carboxylic acids is 1. The lowest BCUT2D eigenvalue weighted by Gasteiger charge is -2.08. The number of carbonyl (C=O) groups is 1. The number of nitrogens with one attached hydrogen (secondary N) is 2. The van der Waals surface area contributed by atoms with Gasteiger partial charge in [-0.05, 0) is 43.3 Å². The van der Waals surface area contributed by atoms with Crippen molar-refractivity contribution in [3.63, 3.8) is 0 Å². The molecule has 0 aliphatic heterocycles. The Labute approximate surface area is 212 Å². The summed E-state index contributed by atoms with van der Waals surface area (Å²) in [5.74, 6) is 1.03. The number of rotatable bonds is 7. The summed E-state index contributed by atoms with van der Waals surface area (Å²) in [7, 11) is 0. The van der Waals surface area contributed by atoms with E-state index >= 15 is 0 Å². The smallest absolute Gasteiger partial charge is 0.239 e. The number of hydrogen-bond acceptors (Lipinski definition) is 7.